The Morgan fingerprint density at radius 1 is 1.21 bits per heavy atom. The molecule has 5 fully saturated rings. The minimum Gasteiger partial charge on any atom is -0.299 e. The van der Waals surface area contributed by atoms with Crippen molar-refractivity contribution >= 4 is 21.7 Å². The third-order valence-electron chi connectivity index (χ3n) is 6.46. The predicted octanol–water partition coefficient (Wildman–Crippen LogP) is 2.10. The van der Waals surface area contributed by atoms with Crippen molar-refractivity contribution in [3.63, 3.8) is 0 Å². The lowest BCUT2D eigenvalue weighted by atomic mass is 9.57. The first-order chi connectivity index (χ1) is 6.64. The topological polar surface area (TPSA) is 17.1 Å². The van der Waals surface area contributed by atoms with E-state index in [0.29, 0.717) is 27.9 Å². The number of hydrogen-bond donors (Lipinski definition) is 0. The van der Waals surface area contributed by atoms with E-state index in [1.165, 1.54) is 6.42 Å². The fourth-order valence-corrected chi connectivity index (χ4v) is 7.76. The molecule has 0 radical (unpaired) electrons. The average Bonchev–Trinajstić information content (AvgIpc) is 2.52. The van der Waals surface area contributed by atoms with Gasteiger partial charge in [0.15, 0.2) is 0 Å². The number of carbonyl (C=O) groups excluding carboxylic acids is 1. The van der Waals surface area contributed by atoms with Crippen molar-refractivity contribution in [1.29, 1.82) is 0 Å². The summed E-state index contributed by atoms with van der Waals surface area (Å²) in [4.78, 5) is 12.2. The zero-order chi connectivity index (χ0) is 9.40. The van der Waals surface area contributed by atoms with Crippen LogP contribution in [0.15, 0.2) is 0 Å². The summed E-state index contributed by atoms with van der Waals surface area (Å²) in [5.74, 6) is 6.61. The molecule has 0 N–H and O–H groups in total. The zero-order valence-corrected chi connectivity index (χ0v) is 9.70. The maximum atomic E-state index is 12.2. The van der Waals surface area contributed by atoms with Gasteiger partial charge in [-0.3, -0.25) is 4.79 Å². The second-order valence-corrected chi connectivity index (χ2v) is 8.08. The highest BCUT2D eigenvalue weighted by atomic mass is 79.9. The zero-order valence-electron chi connectivity index (χ0n) is 8.11. The molecule has 5 aliphatic rings. The van der Waals surface area contributed by atoms with Crippen molar-refractivity contribution in [1.82, 2.24) is 0 Å². The van der Waals surface area contributed by atoms with Gasteiger partial charge in [-0.1, -0.05) is 15.9 Å². The van der Waals surface area contributed by atoms with E-state index < -0.39 is 0 Å². The molecule has 0 aromatic heterocycles. The van der Waals surface area contributed by atoms with Gasteiger partial charge in [-0.15, -0.1) is 0 Å². The van der Waals surface area contributed by atoms with E-state index >= 15 is 0 Å². The number of ketones is 1. The summed E-state index contributed by atoms with van der Waals surface area (Å²) in [5, 5.41) is 0. The predicted molar refractivity (Wildman–Crippen MR) is 54.9 cm³/mol. The largest absolute Gasteiger partial charge is 0.299 e. The van der Waals surface area contributed by atoms with Gasteiger partial charge in [0.25, 0.3) is 0 Å². The summed E-state index contributed by atoms with van der Waals surface area (Å²) < 4.78 is 0.327. The van der Waals surface area contributed by atoms with Crippen molar-refractivity contribution in [3.8, 4) is 0 Å². The number of rotatable bonds is 0. The Labute approximate surface area is 91.8 Å². The van der Waals surface area contributed by atoms with E-state index in [-0.39, 0.29) is 0 Å². The average molecular weight is 253 g/mol. The fraction of sp³-hybridized carbons (Fsp3) is 0.917. The van der Waals surface area contributed by atoms with E-state index in [4.69, 9.17) is 0 Å². The molecule has 0 aliphatic heterocycles. The molecule has 0 aromatic rings. The minimum atomic E-state index is 0.327. The van der Waals surface area contributed by atoms with E-state index in [1.54, 1.807) is 0 Å². The summed E-state index contributed by atoms with van der Waals surface area (Å²) >= 11 is 3.97. The Hall–Kier alpha value is 0.150. The van der Waals surface area contributed by atoms with Crippen LogP contribution in [-0.4, -0.2) is 10.1 Å². The molecule has 0 amide bonds. The maximum absolute atomic E-state index is 12.2. The fourth-order valence-electron chi connectivity index (χ4n) is 6.54. The number of Topliss-reactive ketones (excluding diaryl/α,β-unsaturated/α-hetero) is 1. The van der Waals surface area contributed by atoms with Gasteiger partial charge in [0.05, 0.1) is 0 Å². The number of hydrogen-bond acceptors (Lipinski definition) is 1. The van der Waals surface area contributed by atoms with Gasteiger partial charge in [-0.25, -0.2) is 0 Å². The number of carbonyl (C=O) groups is 1. The van der Waals surface area contributed by atoms with Crippen LogP contribution in [0.5, 0.6) is 0 Å². The molecule has 9 atom stereocenters. The standard InChI is InChI=1S/C12H13BrO/c1-12(13)9-4-2-3-5-6(4)10(12)8(5)11(14)7(3)9/h3-10H,2H2,1H3/t3-,4+,5-,6+,7-,8+,9-,10-,12+/m0/s1. The highest BCUT2D eigenvalue weighted by Gasteiger charge is 2.86. The summed E-state index contributed by atoms with van der Waals surface area (Å²) in [7, 11) is 0. The number of halogens is 1. The Morgan fingerprint density at radius 2 is 2.00 bits per heavy atom. The molecule has 1 nitrogen and oxygen atoms in total. The van der Waals surface area contributed by atoms with Gasteiger partial charge in [0, 0.05) is 16.2 Å². The summed E-state index contributed by atoms with van der Waals surface area (Å²) in [5.41, 5.74) is 0. The third kappa shape index (κ3) is 0.417. The molecule has 74 valence electrons. The Bertz CT molecular complexity index is 388. The SMILES string of the molecule is C[C@]1(Br)[C@@H]2[C@@H]3C(=O)[C@H]4[C@H]5C[C@H]([C@@H]2[C@H]53)[C@@H]41. The molecular weight excluding hydrogens is 240 g/mol. The van der Waals surface area contributed by atoms with Crippen LogP contribution in [0.3, 0.4) is 0 Å². The Morgan fingerprint density at radius 3 is 2.79 bits per heavy atom. The van der Waals surface area contributed by atoms with Crippen LogP contribution in [0.1, 0.15) is 13.3 Å². The van der Waals surface area contributed by atoms with Gasteiger partial charge >= 0.3 is 0 Å². The van der Waals surface area contributed by atoms with Gasteiger partial charge in [0.1, 0.15) is 5.78 Å². The molecule has 0 unspecified atom stereocenters. The van der Waals surface area contributed by atoms with Crippen molar-refractivity contribution in [3.05, 3.63) is 0 Å². The summed E-state index contributed by atoms with van der Waals surface area (Å²) in [6, 6.07) is 0. The Balaban J connectivity index is 1.87. The highest BCUT2D eigenvalue weighted by molar-refractivity contribution is 9.10. The van der Waals surface area contributed by atoms with Crippen LogP contribution in [0.25, 0.3) is 0 Å². The first kappa shape index (κ1) is 7.43. The second kappa shape index (κ2) is 1.66. The molecule has 5 saturated carbocycles. The van der Waals surface area contributed by atoms with Gasteiger partial charge in [-0.05, 0) is 48.9 Å². The molecule has 14 heavy (non-hydrogen) atoms. The van der Waals surface area contributed by atoms with Crippen LogP contribution >= 0.6 is 15.9 Å². The first-order valence-corrected chi connectivity index (χ1v) is 6.66. The van der Waals surface area contributed by atoms with Crippen LogP contribution in [0.4, 0.5) is 0 Å². The van der Waals surface area contributed by atoms with Crippen molar-refractivity contribution in [2.75, 3.05) is 0 Å². The quantitative estimate of drug-likeness (QED) is 0.604. The van der Waals surface area contributed by atoms with Crippen LogP contribution in [-0.2, 0) is 4.79 Å². The maximum Gasteiger partial charge on any atom is 0.140 e. The van der Waals surface area contributed by atoms with E-state index in [9.17, 15) is 4.79 Å². The van der Waals surface area contributed by atoms with Crippen molar-refractivity contribution < 1.29 is 4.79 Å². The molecule has 2 bridgehead atoms. The second-order valence-electron chi connectivity index (χ2n) is 6.37. The van der Waals surface area contributed by atoms with Crippen molar-refractivity contribution in [2.24, 2.45) is 47.3 Å². The van der Waals surface area contributed by atoms with E-state index in [2.05, 4.69) is 22.9 Å². The molecule has 0 spiro atoms. The third-order valence-corrected chi connectivity index (χ3v) is 7.52. The highest BCUT2D eigenvalue weighted by Crippen LogP contribution is 2.85. The molecule has 2 heteroatoms. The number of alkyl halides is 1. The van der Waals surface area contributed by atoms with Gasteiger partial charge in [0.2, 0.25) is 0 Å². The normalized spacial score (nSPS) is 80.3. The lowest BCUT2D eigenvalue weighted by Crippen LogP contribution is -2.53. The molecular formula is C12H13BrO. The van der Waals surface area contributed by atoms with Crippen LogP contribution < -0.4 is 0 Å². The summed E-state index contributed by atoms with van der Waals surface area (Å²) in [6.07, 6.45) is 1.39. The van der Waals surface area contributed by atoms with Gasteiger partial charge in [-0.2, -0.15) is 0 Å². The Kier molecular flexibility index (Phi) is 0.883. The smallest absolute Gasteiger partial charge is 0.140 e. The van der Waals surface area contributed by atoms with E-state index in [1.807, 2.05) is 0 Å². The van der Waals surface area contributed by atoms with E-state index in [0.717, 1.165) is 29.6 Å². The number of fused-ring (bicyclic) bond motifs is 2. The van der Waals surface area contributed by atoms with Gasteiger partial charge < -0.3 is 0 Å². The summed E-state index contributed by atoms with van der Waals surface area (Å²) in [6.45, 7) is 2.37. The molecule has 0 aromatic carbocycles. The molecule has 5 rings (SSSR count). The lowest BCUT2D eigenvalue weighted by Gasteiger charge is -2.49. The lowest BCUT2D eigenvalue weighted by molar-refractivity contribution is -0.134. The van der Waals surface area contributed by atoms with Crippen LogP contribution in [0.2, 0.25) is 0 Å². The first-order valence-electron chi connectivity index (χ1n) is 5.86. The van der Waals surface area contributed by atoms with Crippen molar-refractivity contribution in [2.45, 2.75) is 17.7 Å². The minimum absolute atomic E-state index is 0.327. The van der Waals surface area contributed by atoms with Crippen LogP contribution in [0, 0.1) is 47.3 Å². The molecule has 0 heterocycles. The molecule has 5 aliphatic carbocycles. The monoisotopic (exact) mass is 252 g/mol. The molecule has 0 saturated heterocycles.